The van der Waals surface area contributed by atoms with Gasteiger partial charge in [0.15, 0.2) is 11.5 Å². The van der Waals surface area contributed by atoms with Crippen molar-refractivity contribution in [3.63, 3.8) is 0 Å². The van der Waals surface area contributed by atoms with Gasteiger partial charge in [-0.05, 0) is 17.2 Å². The molecule has 6 rings (SSSR count). The van der Waals surface area contributed by atoms with E-state index in [0.29, 0.717) is 31.0 Å². The van der Waals surface area contributed by atoms with Gasteiger partial charge < -0.3 is 19.3 Å². The van der Waals surface area contributed by atoms with E-state index in [9.17, 15) is 14.4 Å². The lowest BCUT2D eigenvalue weighted by Gasteiger charge is -2.28. The molecule has 0 fully saturated rings. The van der Waals surface area contributed by atoms with Crippen LogP contribution in [0.15, 0.2) is 108 Å². The molecule has 7 nitrogen and oxygen atoms in total. The maximum absolute atomic E-state index is 13.5. The van der Waals surface area contributed by atoms with Crippen molar-refractivity contribution >= 4 is 17.8 Å². The fourth-order valence-electron chi connectivity index (χ4n) is 5.44. The van der Waals surface area contributed by atoms with Gasteiger partial charge in [-0.2, -0.15) is 0 Å². The predicted octanol–water partition coefficient (Wildman–Crippen LogP) is 4.32. The van der Waals surface area contributed by atoms with Crippen molar-refractivity contribution in [3.8, 4) is 5.75 Å². The molecule has 3 aromatic rings. The minimum atomic E-state index is -0.560. The van der Waals surface area contributed by atoms with Crippen LogP contribution in [0.5, 0.6) is 5.75 Å². The third kappa shape index (κ3) is 4.26. The second kappa shape index (κ2) is 9.67. The summed E-state index contributed by atoms with van der Waals surface area (Å²) in [7, 11) is 0. The lowest BCUT2D eigenvalue weighted by Crippen LogP contribution is -2.28. The van der Waals surface area contributed by atoms with Gasteiger partial charge in [-0.25, -0.2) is 0 Å². The Kier molecular flexibility index (Phi) is 6.04. The van der Waals surface area contributed by atoms with Crippen LogP contribution >= 0.6 is 0 Å². The molecule has 0 spiro atoms. The van der Waals surface area contributed by atoms with Crippen LogP contribution in [0.3, 0.4) is 0 Å². The molecular weight excluding hydrogens is 480 g/mol. The number of carbonyl (C=O) groups excluding carboxylic acids is 3. The summed E-state index contributed by atoms with van der Waals surface area (Å²) in [4.78, 5) is 42.6. The first-order valence-electron chi connectivity index (χ1n) is 12.6. The van der Waals surface area contributed by atoms with Crippen molar-refractivity contribution < 1.29 is 23.9 Å². The maximum Gasteiger partial charge on any atom is 0.308 e. The Morgan fingerprint density at radius 1 is 0.789 bits per heavy atom. The number of esters is 1. The van der Waals surface area contributed by atoms with Gasteiger partial charge >= 0.3 is 5.97 Å². The van der Waals surface area contributed by atoms with Crippen molar-refractivity contribution in [2.45, 2.75) is 25.9 Å². The zero-order valence-corrected chi connectivity index (χ0v) is 20.9. The van der Waals surface area contributed by atoms with Crippen LogP contribution in [0.25, 0.3) is 0 Å². The zero-order valence-electron chi connectivity index (χ0n) is 20.9. The Morgan fingerprint density at radius 3 is 1.97 bits per heavy atom. The number of carbonyl (C=O) groups is 3. The molecule has 0 saturated heterocycles. The van der Waals surface area contributed by atoms with Crippen molar-refractivity contribution in [3.05, 3.63) is 124 Å². The molecular formula is C31H26N2O5. The van der Waals surface area contributed by atoms with Crippen LogP contribution < -0.4 is 4.74 Å². The lowest BCUT2D eigenvalue weighted by atomic mass is 9.82. The van der Waals surface area contributed by atoms with Crippen LogP contribution in [0.2, 0.25) is 0 Å². The van der Waals surface area contributed by atoms with E-state index in [4.69, 9.17) is 9.47 Å². The minimum absolute atomic E-state index is 0.0379. The Balaban J connectivity index is 1.40. The summed E-state index contributed by atoms with van der Waals surface area (Å²) in [5.41, 5.74) is 4.27. The first-order valence-corrected chi connectivity index (χ1v) is 12.6. The van der Waals surface area contributed by atoms with E-state index in [2.05, 4.69) is 0 Å². The molecule has 3 aliphatic rings. The molecule has 0 aliphatic carbocycles. The molecule has 2 amide bonds. The van der Waals surface area contributed by atoms with Gasteiger partial charge in [0.1, 0.15) is 5.75 Å². The monoisotopic (exact) mass is 506 g/mol. The fourth-order valence-corrected chi connectivity index (χ4v) is 5.44. The number of hydrogen-bond acceptors (Lipinski definition) is 5. The smallest absolute Gasteiger partial charge is 0.308 e. The fraction of sp³-hybridized carbons (Fsp3) is 0.194. The van der Waals surface area contributed by atoms with Crippen molar-refractivity contribution in [2.75, 3.05) is 13.1 Å². The van der Waals surface area contributed by atoms with Crippen molar-refractivity contribution in [2.24, 2.45) is 0 Å². The predicted molar refractivity (Wildman–Crippen MR) is 139 cm³/mol. The van der Waals surface area contributed by atoms with E-state index in [1.54, 1.807) is 9.80 Å². The number of rotatable bonds is 6. The average molecular weight is 507 g/mol. The molecule has 1 atom stereocenters. The zero-order chi connectivity index (χ0) is 26.2. The summed E-state index contributed by atoms with van der Waals surface area (Å²) >= 11 is 0. The van der Waals surface area contributed by atoms with E-state index in [1.165, 1.54) is 6.92 Å². The van der Waals surface area contributed by atoms with Crippen molar-refractivity contribution in [1.82, 2.24) is 9.80 Å². The standard InChI is InChI=1S/C31H26N2O5/c1-20(34)37-28-24(18-32(30(28)35)16-21-10-4-2-5-11-21)27-23-14-8-9-15-26(23)38-29-25(27)19-33(31(29)36)17-22-12-6-3-7-13-22/h2-15,27H,16-19H2,1H3/t27-/m0/s1. The van der Waals surface area contributed by atoms with E-state index in [-0.39, 0.29) is 29.9 Å². The summed E-state index contributed by atoms with van der Waals surface area (Å²) in [6, 6.07) is 27.0. The molecule has 7 heteroatoms. The summed E-state index contributed by atoms with van der Waals surface area (Å²) in [5, 5.41) is 0. The summed E-state index contributed by atoms with van der Waals surface area (Å²) < 4.78 is 11.7. The van der Waals surface area contributed by atoms with Gasteiger partial charge in [0, 0.05) is 55.7 Å². The lowest BCUT2D eigenvalue weighted by molar-refractivity contribution is -0.142. The van der Waals surface area contributed by atoms with Gasteiger partial charge in [-0.3, -0.25) is 14.4 Å². The number of nitrogens with zero attached hydrogens (tertiary/aromatic N) is 2. The number of benzene rings is 3. The van der Waals surface area contributed by atoms with Crippen LogP contribution in [0.1, 0.15) is 29.5 Å². The highest BCUT2D eigenvalue weighted by Gasteiger charge is 2.46. The molecule has 190 valence electrons. The Hall–Kier alpha value is -4.65. The van der Waals surface area contributed by atoms with Crippen LogP contribution in [-0.4, -0.2) is 40.7 Å². The molecule has 0 aromatic heterocycles. The number of ether oxygens (including phenoxy) is 2. The van der Waals surface area contributed by atoms with E-state index >= 15 is 0 Å². The van der Waals surface area contributed by atoms with Crippen LogP contribution in [0.4, 0.5) is 0 Å². The number of fused-ring (bicyclic) bond motifs is 1. The summed E-state index contributed by atoms with van der Waals surface area (Å²) in [5.74, 6) is -0.632. The van der Waals surface area contributed by atoms with Gasteiger partial charge in [0.25, 0.3) is 11.8 Å². The van der Waals surface area contributed by atoms with Gasteiger partial charge in [0.05, 0.1) is 0 Å². The first kappa shape index (κ1) is 23.7. The normalized spacial score (nSPS) is 18.5. The second-order valence-corrected chi connectivity index (χ2v) is 9.67. The molecule has 3 aliphatic heterocycles. The molecule has 3 heterocycles. The minimum Gasteiger partial charge on any atom is -0.451 e. The van der Waals surface area contributed by atoms with E-state index in [1.807, 2.05) is 84.9 Å². The largest absolute Gasteiger partial charge is 0.451 e. The molecule has 38 heavy (non-hydrogen) atoms. The molecule has 0 bridgehead atoms. The van der Waals surface area contributed by atoms with E-state index in [0.717, 1.165) is 22.3 Å². The topological polar surface area (TPSA) is 76.2 Å². The van der Waals surface area contributed by atoms with E-state index < -0.39 is 11.9 Å². The maximum atomic E-state index is 13.5. The van der Waals surface area contributed by atoms with Gasteiger partial charge in [0.2, 0.25) is 0 Å². The highest BCUT2D eigenvalue weighted by atomic mass is 16.5. The SMILES string of the molecule is CC(=O)OC1=C([C@H]2C3=C(Oc4ccccc42)C(=O)N(Cc2ccccc2)C3)CN(Cc2ccccc2)C1=O. The second-order valence-electron chi connectivity index (χ2n) is 9.67. The van der Waals surface area contributed by atoms with Gasteiger partial charge in [-0.1, -0.05) is 78.9 Å². The molecule has 0 unspecified atom stereocenters. The Morgan fingerprint density at radius 2 is 1.34 bits per heavy atom. The Bertz CT molecular complexity index is 1490. The summed E-state index contributed by atoms with van der Waals surface area (Å²) in [6.07, 6.45) is 0. The highest BCUT2D eigenvalue weighted by Crippen LogP contribution is 2.48. The third-order valence-corrected chi connectivity index (χ3v) is 7.09. The molecule has 3 aromatic carbocycles. The number of para-hydroxylation sites is 1. The number of hydrogen-bond donors (Lipinski definition) is 0. The first-order chi connectivity index (χ1) is 18.5. The van der Waals surface area contributed by atoms with Crippen molar-refractivity contribution in [1.29, 1.82) is 0 Å². The van der Waals surface area contributed by atoms with Gasteiger partial charge in [-0.15, -0.1) is 0 Å². The number of amides is 2. The molecule has 0 radical (unpaired) electrons. The molecule has 0 saturated carbocycles. The van der Waals surface area contributed by atoms with Crippen LogP contribution in [0, 0.1) is 0 Å². The Labute approximate surface area is 220 Å². The van der Waals surface area contributed by atoms with Crippen LogP contribution in [-0.2, 0) is 32.2 Å². The summed E-state index contributed by atoms with van der Waals surface area (Å²) in [6.45, 7) is 2.74. The highest BCUT2D eigenvalue weighted by molar-refractivity contribution is 5.99. The average Bonchev–Trinajstić information content (AvgIpc) is 3.39. The molecule has 0 N–H and O–H groups in total. The quantitative estimate of drug-likeness (QED) is 0.466. The third-order valence-electron chi connectivity index (χ3n) is 7.09.